The summed E-state index contributed by atoms with van der Waals surface area (Å²) in [5.74, 6) is -1.15. The molecule has 9 nitrogen and oxygen atoms in total. The fourth-order valence-corrected chi connectivity index (χ4v) is 4.49. The van der Waals surface area contributed by atoms with Crippen LogP contribution in [0.5, 0.6) is 0 Å². The minimum Gasteiger partial charge on any atom is -0.367 e. The van der Waals surface area contributed by atoms with Crippen LogP contribution in [0.15, 0.2) is 18.2 Å². The maximum absolute atomic E-state index is 13.1. The number of nitro benzene ring substituents is 1. The smallest absolute Gasteiger partial charge is 0.330 e. The monoisotopic (exact) mass is 358 g/mol. The van der Waals surface area contributed by atoms with Gasteiger partial charge in [-0.3, -0.25) is 29.9 Å². The molecule has 0 saturated carbocycles. The summed E-state index contributed by atoms with van der Waals surface area (Å²) in [6.45, 7) is 0.662. The number of piperidine rings is 1. The molecule has 0 aromatic heterocycles. The molecule has 4 amide bonds. The molecule has 0 unspecified atom stereocenters. The number of nitro groups is 1. The molecule has 3 aliphatic heterocycles. The van der Waals surface area contributed by atoms with Crippen molar-refractivity contribution in [3.05, 3.63) is 33.9 Å². The van der Waals surface area contributed by atoms with Gasteiger partial charge in [0, 0.05) is 37.8 Å². The molecule has 2 atom stereocenters. The van der Waals surface area contributed by atoms with Crippen LogP contribution in [0.1, 0.15) is 24.8 Å². The van der Waals surface area contributed by atoms with Gasteiger partial charge in [0.05, 0.1) is 11.0 Å². The molecule has 4 rings (SSSR count). The lowest BCUT2D eigenvalue weighted by Crippen LogP contribution is -2.72. The average molecular weight is 358 g/mol. The van der Waals surface area contributed by atoms with E-state index in [1.807, 2.05) is 4.90 Å². The maximum atomic E-state index is 13.1. The molecule has 0 aliphatic carbocycles. The second kappa shape index (κ2) is 5.52. The van der Waals surface area contributed by atoms with E-state index >= 15 is 0 Å². The second-order valence-electron chi connectivity index (χ2n) is 7.05. The van der Waals surface area contributed by atoms with E-state index in [2.05, 4.69) is 5.32 Å². The van der Waals surface area contributed by atoms with E-state index < -0.39 is 28.2 Å². The molecule has 0 radical (unpaired) electrons. The van der Waals surface area contributed by atoms with Crippen molar-refractivity contribution in [3.63, 3.8) is 0 Å². The van der Waals surface area contributed by atoms with Crippen LogP contribution in [-0.2, 0) is 16.0 Å². The summed E-state index contributed by atoms with van der Waals surface area (Å²) >= 11 is 0. The zero-order valence-electron chi connectivity index (χ0n) is 14.2. The molecule has 136 valence electrons. The van der Waals surface area contributed by atoms with Crippen LogP contribution in [-0.4, -0.2) is 47.3 Å². The van der Waals surface area contributed by atoms with Gasteiger partial charge in [0.2, 0.25) is 11.8 Å². The number of anilines is 1. The molecule has 3 heterocycles. The summed E-state index contributed by atoms with van der Waals surface area (Å²) in [5.41, 5.74) is -0.109. The normalized spacial score (nSPS) is 27.9. The highest BCUT2D eigenvalue weighted by Gasteiger charge is 2.61. The number of nitrogens with zero attached hydrogens (tertiary/aromatic N) is 3. The van der Waals surface area contributed by atoms with Crippen LogP contribution in [0, 0.1) is 15.5 Å². The van der Waals surface area contributed by atoms with Gasteiger partial charge < -0.3 is 4.90 Å². The molecule has 2 fully saturated rings. The number of hydrogen-bond acceptors (Lipinski definition) is 6. The van der Waals surface area contributed by atoms with E-state index in [1.165, 1.54) is 19.2 Å². The Morgan fingerprint density at radius 1 is 1.27 bits per heavy atom. The number of fused-ring (bicyclic) bond motifs is 4. The van der Waals surface area contributed by atoms with E-state index in [0.717, 1.165) is 23.4 Å². The Kier molecular flexibility index (Phi) is 3.50. The molecular formula is C17H18N4O5. The average Bonchev–Trinajstić information content (AvgIpc) is 2.64. The lowest BCUT2D eigenvalue weighted by Gasteiger charge is -2.53. The summed E-state index contributed by atoms with van der Waals surface area (Å²) in [6, 6.07) is 3.46. The summed E-state index contributed by atoms with van der Waals surface area (Å²) in [7, 11) is 1.35. The van der Waals surface area contributed by atoms with E-state index in [1.54, 1.807) is 6.07 Å². The molecule has 9 heteroatoms. The third-order valence-corrected chi connectivity index (χ3v) is 5.74. The van der Waals surface area contributed by atoms with Crippen LogP contribution in [0.3, 0.4) is 0 Å². The first-order chi connectivity index (χ1) is 12.4. The Hall–Kier alpha value is -2.97. The zero-order chi connectivity index (χ0) is 18.6. The molecule has 1 aromatic rings. The number of imide groups is 2. The van der Waals surface area contributed by atoms with E-state index in [-0.39, 0.29) is 18.2 Å². The zero-order valence-corrected chi connectivity index (χ0v) is 14.2. The van der Waals surface area contributed by atoms with E-state index in [4.69, 9.17) is 0 Å². The number of amides is 4. The highest BCUT2D eigenvalue weighted by molar-refractivity contribution is 6.20. The number of urea groups is 1. The molecule has 3 aliphatic rings. The predicted octanol–water partition coefficient (Wildman–Crippen LogP) is 1.20. The summed E-state index contributed by atoms with van der Waals surface area (Å²) in [6.07, 6.45) is 2.49. The molecule has 2 saturated heterocycles. The number of hydrogen-bond donors (Lipinski definition) is 1. The van der Waals surface area contributed by atoms with Crippen LogP contribution in [0.25, 0.3) is 0 Å². The third-order valence-electron chi connectivity index (χ3n) is 5.74. The van der Waals surface area contributed by atoms with Gasteiger partial charge in [-0.1, -0.05) is 0 Å². The van der Waals surface area contributed by atoms with Gasteiger partial charge in [0.15, 0.2) is 5.41 Å². The van der Waals surface area contributed by atoms with E-state index in [9.17, 15) is 24.5 Å². The lowest BCUT2D eigenvalue weighted by molar-refractivity contribution is -0.384. The fraction of sp³-hybridized carbons (Fsp3) is 0.471. The van der Waals surface area contributed by atoms with Crippen molar-refractivity contribution in [2.75, 3.05) is 18.5 Å². The second-order valence-corrected chi connectivity index (χ2v) is 7.05. The highest BCUT2D eigenvalue weighted by atomic mass is 16.6. The summed E-state index contributed by atoms with van der Waals surface area (Å²) < 4.78 is 0. The first-order valence-electron chi connectivity index (χ1n) is 8.54. The van der Waals surface area contributed by atoms with Gasteiger partial charge in [-0.25, -0.2) is 4.79 Å². The third kappa shape index (κ3) is 2.06. The summed E-state index contributed by atoms with van der Waals surface area (Å²) in [4.78, 5) is 51.4. The Morgan fingerprint density at radius 2 is 2.04 bits per heavy atom. The van der Waals surface area contributed by atoms with Gasteiger partial charge in [-0.05, 0) is 30.9 Å². The number of non-ortho nitro benzene ring substituents is 1. The van der Waals surface area contributed by atoms with Crippen molar-refractivity contribution >= 4 is 29.2 Å². The molecule has 1 spiro atoms. The van der Waals surface area contributed by atoms with Crippen LogP contribution < -0.4 is 10.2 Å². The van der Waals surface area contributed by atoms with Crippen LogP contribution in [0.4, 0.5) is 16.2 Å². The van der Waals surface area contributed by atoms with Crippen LogP contribution in [0.2, 0.25) is 0 Å². The van der Waals surface area contributed by atoms with Crippen molar-refractivity contribution in [1.29, 1.82) is 0 Å². The van der Waals surface area contributed by atoms with Gasteiger partial charge in [-0.15, -0.1) is 0 Å². The molecular weight excluding hydrogens is 340 g/mol. The lowest BCUT2D eigenvalue weighted by atomic mass is 9.66. The fourth-order valence-electron chi connectivity index (χ4n) is 4.49. The molecule has 1 N–H and O–H groups in total. The van der Waals surface area contributed by atoms with Gasteiger partial charge in [-0.2, -0.15) is 0 Å². The minimum atomic E-state index is -1.44. The van der Waals surface area contributed by atoms with Crippen molar-refractivity contribution < 1.29 is 19.3 Å². The topological polar surface area (TPSA) is 113 Å². The standard InChI is InChI=1S/C17H18N4O5/c1-19-15(23)17(14(22)18-16(19)24)9-10-8-11(21(25)26)5-6-12(10)20-7-3-2-4-13(17)20/h5-6,8,13H,2-4,7,9H2,1H3,(H,18,22,24)/t13-,17+/m0/s1. The first-order valence-corrected chi connectivity index (χ1v) is 8.54. The maximum Gasteiger partial charge on any atom is 0.330 e. The number of carbonyl (C=O) groups excluding carboxylic acids is 3. The largest absolute Gasteiger partial charge is 0.367 e. The Labute approximate surface area is 149 Å². The highest BCUT2D eigenvalue weighted by Crippen LogP contribution is 2.48. The van der Waals surface area contributed by atoms with Gasteiger partial charge >= 0.3 is 6.03 Å². The van der Waals surface area contributed by atoms with Gasteiger partial charge in [0.1, 0.15) is 0 Å². The van der Waals surface area contributed by atoms with Crippen molar-refractivity contribution in [1.82, 2.24) is 10.2 Å². The minimum absolute atomic E-state index is 0.0491. The van der Waals surface area contributed by atoms with Gasteiger partial charge in [0.25, 0.3) is 5.69 Å². The van der Waals surface area contributed by atoms with Crippen molar-refractivity contribution in [2.24, 2.45) is 5.41 Å². The Bertz CT molecular complexity index is 854. The predicted molar refractivity (Wildman–Crippen MR) is 90.5 cm³/mol. The number of benzene rings is 1. The number of barbiturate groups is 1. The molecule has 26 heavy (non-hydrogen) atoms. The number of rotatable bonds is 1. The van der Waals surface area contributed by atoms with Crippen molar-refractivity contribution in [3.8, 4) is 0 Å². The Morgan fingerprint density at radius 3 is 2.77 bits per heavy atom. The quantitative estimate of drug-likeness (QED) is 0.459. The van der Waals surface area contributed by atoms with Crippen molar-refractivity contribution in [2.45, 2.75) is 31.7 Å². The van der Waals surface area contributed by atoms with E-state index in [0.29, 0.717) is 18.5 Å². The molecule has 1 aromatic carbocycles. The SMILES string of the molecule is CN1C(=O)NC(=O)[C@]2(Cc3cc([N+](=O)[O-])ccc3N3CCCC[C@H]32)C1=O. The summed E-state index contributed by atoms with van der Waals surface area (Å²) in [5, 5.41) is 13.4. The molecule has 0 bridgehead atoms. The first kappa shape index (κ1) is 16.5. The number of carbonyl (C=O) groups is 3. The Balaban J connectivity index is 1.90. The van der Waals surface area contributed by atoms with Crippen LogP contribution >= 0.6 is 0 Å². The number of nitrogens with one attached hydrogen (secondary N) is 1.